The highest BCUT2D eigenvalue weighted by Crippen LogP contribution is 2.38. The molecule has 5 rings (SSSR count). The summed E-state index contributed by atoms with van der Waals surface area (Å²) in [5.41, 5.74) is 3.97. The van der Waals surface area contributed by atoms with Gasteiger partial charge in [0.05, 0.1) is 42.7 Å². The van der Waals surface area contributed by atoms with E-state index in [-0.39, 0.29) is 17.7 Å². The first-order valence-corrected chi connectivity index (χ1v) is 13.3. The number of fused-ring (bicyclic) bond motifs is 1. The van der Waals surface area contributed by atoms with Gasteiger partial charge in [0, 0.05) is 5.56 Å². The number of hydrogen-bond acceptors (Lipinski definition) is 7. The van der Waals surface area contributed by atoms with Crippen molar-refractivity contribution in [3.63, 3.8) is 0 Å². The van der Waals surface area contributed by atoms with Gasteiger partial charge in [0.25, 0.3) is 5.56 Å². The third-order valence-corrected chi connectivity index (χ3v) is 7.46. The van der Waals surface area contributed by atoms with Crippen LogP contribution < -0.4 is 24.4 Å². The molecular formula is C31H28N2O5S. The Morgan fingerprint density at radius 2 is 1.72 bits per heavy atom. The van der Waals surface area contributed by atoms with E-state index in [9.17, 15) is 9.59 Å². The minimum absolute atomic E-state index is 0.181. The van der Waals surface area contributed by atoms with Crippen LogP contribution in [-0.2, 0) is 9.53 Å². The van der Waals surface area contributed by atoms with Gasteiger partial charge in [-0.2, -0.15) is 0 Å². The minimum atomic E-state index is -0.796. The van der Waals surface area contributed by atoms with Crippen molar-refractivity contribution in [1.29, 1.82) is 0 Å². The summed E-state index contributed by atoms with van der Waals surface area (Å²) in [5, 5.41) is 0. The lowest BCUT2D eigenvalue weighted by Crippen LogP contribution is -2.40. The van der Waals surface area contributed by atoms with Gasteiger partial charge in [0.15, 0.2) is 16.3 Å². The van der Waals surface area contributed by atoms with Crippen molar-refractivity contribution in [1.82, 2.24) is 4.57 Å². The quantitative estimate of drug-likeness (QED) is 0.328. The van der Waals surface area contributed by atoms with Crippen molar-refractivity contribution in [2.75, 3.05) is 20.8 Å². The molecule has 8 heteroatoms. The molecule has 0 saturated heterocycles. The maximum atomic E-state index is 14.0. The average Bonchev–Trinajstić information content (AvgIpc) is 3.27. The molecule has 0 N–H and O–H groups in total. The van der Waals surface area contributed by atoms with E-state index in [1.807, 2.05) is 73.7 Å². The van der Waals surface area contributed by atoms with E-state index in [0.29, 0.717) is 32.1 Å². The van der Waals surface area contributed by atoms with Crippen LogP contribution in [0.25, 0.3) is 11.8 Å². The van der Waals surface area contributed by atoms with Crippen LogP contribution in [0.2, 0.25) is 0 Å². The molecule has 4 aromatic rings. The lowest BCUT2D eigenvalue weighted by molar-refractivity contribution is -0.138. The van der Waals surface area contributed by atoms with E-state index in [2.05, 4.69) is 0 Å². The van der Waals surface area contributed by atoms with Gasteiger partial charge < -0.3 is 14.2 Å². The van der Waals surface area contributed by atoms with Crippen LogP contribution >= 0.6 is 11.3 Å². The smallest absolute Gasteiger partial charge is 0.338 e. The molecule has 2 heterocycles. The molecule has 198 valence electrons. The number of ether oxygens (including phenoxy) is 3. The second-order valence-electron chi connectivity index (χ2n) is 8.96. The molecular weight excluding hydrogens is 512 g/mol. The molecule has 1 atom stereocenters. The number of methoxy groups -OCH3 is 2. The molecule has 1 aromatic heterocycles. The maximum absolute atomic E-state index is 14.0. The van der Waals surface area contributed by atoms with Crippen LogP contribution in [0.15, 0.2) is 88.2 Å². The van der Waals surface area contributed by atoms with Crippen LogP contribution in [0.1, 0.15) is 35.2 Å². The summed E-state index contributed by atoms with van der Waals surface area (Å²) < 4.78 is 18.6. The van der Waals surface area contributed by atoms with Crippen LogP contribution in [0.3, 0.4) is 0 Å². The fourth-order valence-electron chi connectivity index (χ4n) is 4.59. The Labute approximate surface area is 229 Å². The molecule has 0 radical (unpaired) electrons. The predicted molar refractivity (Wildman–Crippen MR) is 152 cm³/mol. The lowest BCUT2D eigenvalue weighted by Gasteiger charge is -2.26. The number of carbonyl (C=O) groups excluding carboxylic acids is 1. The third kappa shape index (κ3) is 5.03. The van der Waals surface area contributed by atoms with Crippen LogP contribution in [0.4, 0.5) is 0 Å². The number of nitrogens with zero attached hydrogens (tertiary/aromatic N) is 2. The summed E-state index contributed by atoms with van der Waals surface area (Å²) in [5.74, 6) is 0.490. The number of aryl methyl sites for hydroxylation is 1. The molecule has 0 spiro atoms. The van der Waals surface area contributed by atoms with Crippen molar-refractivity contribution in [2.45, 2.75) is 19.9 Å². The zero-order valence-electron chi connectivity index (χ0n) is 22.1. The summed E-state index contributed by atoms with van der Waals surface area (Å²) in [6.45, 7) is 3.95. The molecule has 1 aliphatic heterocycles. The Kier molecular flexibility index (Phi) is 7.47. The molecule has 0 unspecified atom stereocenters. The van der Waals surface area contributed by atoms with Crippen molar-refractivity contribution >= 4 is 29.1 Å². The van der Waals surface area contributed by atoms with Gasteiger partial charge in [-0.1, -0.05) is 77.6 Å². The molecule has 39 heavy (non-hydrogen) atoms. The summed E-state index contributed by atoms with van der Waals surface area (Å²) in [6, 6.07) is 22.0. The SMILES string of the molecule is CCOC(=O)C1=C(c2ccccc2)N=c2s/c(=C\c3ccc(C)cc3)c(=O)n2[C@@H]1c1ccc(OC)c(OC)c1. The van der Waals surface area contributed by atoms with E-state index in [1.165, 1.54) is 11.3 Å². The normalized spacial score (nSPS) is 15.0. The summed E-state index contributed by atoms with van der Waals surface area (Å²) in [7, 11) is 3.11. The number of hydrogen-bond donors (Lipinski definition) is 0. The second kappa shape index (κ2) is 11.1. The highest BCUT2D eigenvalue weighted by molar-refractivity contribution is 7.07. The Hall–Kier alpha value is -4.43. The zero-order valence-corrected chi connectivity index (χ0v) is 23.0. The van der Waals surface area contributed by atoms with Gasteiger partial charge >= 0.3 is 5.97 Å². The fraction of sp³-hybridized carbons (Fsp3) is 0.194. The third-order valence-electron chi connectivity index (χ3n) is 6.47. The van der Waals surface area contributed by atoms with Crippen molar-refractivity contribution in [3.05, 3.63) is 120 Å². The molecule has 0 fully saturated rings. The van der Waals surface area contributed by atoms with Gasteiger partial charge in [-0.15, -0.1) is 0 Å². The predicted octanol–water partition coefficient (Wildman–Crippen LogP) is 4.26. The first kappa shape index (κ1) is 26.2. The number of esters is 1. The number of carbonyl (C=O) groups is 1. The number of rotatable bonds is 7. The first-order valence-electron chi connectivity index (χ1n) is 12.5. The second-order valence-corrected chi connectivity index (χ2v) is 9.97. The molecule has 1 aliphatic rings. The van der Waals surface area contributed by atoms with Crippen LogP contribution in [-0.4, -0.2) is 31.4 Å². The Morgan fingerprint density at radius 1 is 1.00 bits per heavy atom. The van der Waals surface area contributed by atoms with Crippen molar-refractivity contribution < 1.29 is 19.0 Å². The molecule has 3 aromatic carbocycles. The van der Waals surface area contributed by atoms with Crippen molar-refractivity contribution in [2.24, 2.45) is 4.99 Å². The average molecular weight is 541 g/mol. The maximum Gasteiger partial charge on any atom is 0.338 e. The van der Waals surface area contributed by atoms with Crippen LogP contribution in [0.5, 0.6) is 11.5 Å². The van der Waals surface area contributed by atoms with Gasteiger partial charge in [0.1, 0.15) is 0 Å². The molecule has 7 nitrogen and oxygen atoms in total. The van der Waals surface area contributed by atoms with Gasteiger partial charge in [-0.05, 0) is 43.2 Å². The largest absolute Gasteiger partial charge is 0.493 e. The monoisotopic (exact) mass is 540 g/mol. The topological polar surface area (TPSA) is 79.1 Å². The first-order chi connectivity index (χ1) is 18.9. The molecule has 0 aliphatic carbocycles. The summed E-state index contributed by atoms with van der Waals surface area (Å²) >= 11 is 1.29. The highest BCUT2D eigenvalue weighted by Gasteiger charge is 2.35. The summed E-state index contributed by atoms with van der Waals surface area (Å²) in [4.78, 5) is 32.9. The Bertz CT molecular complexity index is 1730. The molecule has 0 amide bonds. The van der Waals surface area contributed by atoms with E-state index in [1.54, 1.807) is 37.8 Å². The van der Waals surface area contributed by atoms with Crippen molar-refractivity contribution in [3.8, 4) is 11.5 Å². The number of thiazole rings is 1. The Morgan fingerprint density at radius 3 is 2.38 bits per heavy atom. The highest BCUT2D eigenvalue weighted by atomic mass is 32.1. The lowest BCUT2D eigenvalue weighted by atomic mass is 9.93. The van der Waals surface area contributed by atoms with E-state index >= 15 is 0 Å². The van der Waals surface area contributed by atoms with Gasteiger partial charge in [-0.25, -0.2) is 9.79 Å². The summed E-state index contributed by atoms with van der Waals surface area (Å²) in [6.07, 6.45) is 1.85. The van der Waals surface area contributed by atoms with E-state index < -0.39 is 12.0 Å². The molecule has 0 bridgehead atoms. The number of benzene rings is 3. The van der Waals surface area contributed by atoms with Gasteiger partial charge in [-0.3, -0.25) is 9.36 Å². The van der Waals surface area contributed by atoms with Crippen LogP contribution in [0, 0.1) is 6.92 Å². The minimum Gasteiger partial charge on any atom is -0.493 e. The standard InChI is InChI=1S/C31H28N2O5S/c1-5-38-30(35)26-27(21-9-7-6-8-10-21)32-31-33(28(26)22-15-16-23(36-3)24(18-22)37-4)29(34)25(39-31)17-20-13-11-19(2)12-14-20/h6-18,28H,5H2,1-4H3/b25-17-/t28-/m1/s1. The zero-order chi connectivity index (χ0) is 27.5. The van der Waals surface area contributed by atoms with E-state index in [0.717, 1.165) is 16.7 Å². The Balaban J connectivity index is 1.84. The fourth-order valence-corrected chi connectivity index (χ4v) is 5.59. The number of aromatic nitrogens is 1. The van der Waals surface area contributed by atoms with Gasteiger partial charge in [0.2, 0.25) is 0 Å². The molecule has 0 saturated carbocycles. The van der Waals surface area contributed by atoms with E-state index in [4.69, 9.17) is 19.2 Å².